The lowest BCUT2D eigenvalue weighted by Crippen LogP contribution is -2.65. The van der Waals surface area contributed by atoms with Crippen molar-refractivity contribution in [3.8, 4) is 0 Å². The van der Waals surface area contributed by atoms with Crippen molar-refractivity contribution in [2.75, 3.05) is 39.3 Å². The zero-order valence-corrected chi connectivity index (χ0v) is 13.6. The summed E-state index contributed by atoms with van der Waals surface area (Å²) in [7, 11) is -3.59. The molecule has 0 aliphatic carbocycles. The van der Waals surface area contributed by atoms with Gasteiger partial charge in [0.15, 0.2) is 0 Å². The molecule has 122 valence electrons. The number of rotatable bonds is 2. The lowest BCUT2D eigenvalue weighted by molar-refractivity contribution is -0.0204. The molecule has 0 radical (unpaired) electrons. The summed E-state index contributed by atoms with van der Waals surface area (Å²) in [5, 5.41) is 5.11. The first-order valence-electron chi connectivity index (χ1n) is 7.06. The Hall–Kier alpha value is -0.900. The molecule has 21 heavy (non-hydrogen) atoms. The van der Waals surface area contributed by atoms with E-state index in [0.29, 0.717) is 39.3 Å². The van der Waals surface area contributed by atoms with Crippen molar-refractivity contribution in [1.29, 1.82) is 0 Å². The lowest BCUT2D eigenvalue weighted by Gasteiger charge is -2.47. The molecule has 2 fully saturated rings. The van der Waals surface area contributed by atoms with Crippen molar-refractivity contribution in [1.82, 2.24) is 14.1 Å². The maximum absolute atomic E-state index is 11.8. The van der Waals surface area contributed by atoms with Gasteiger partial charge in [0.1, 0.15) is 5.60 Å². The van der Waals surface area contributed by atoms with E-state index in [1.54, 1.807) is 4.90 Å². The number of carbonyl (C=O) groups excluding carboxylic acids is 1. The number of carbonyl (C=O) groups is 1. The monoisotopic (exact) mass is 320 g/mol. The van der Waals surface area contributed by atoms with Crippen LogP contribution in [0.4, 0.5) is 4.79 Å². The van der Waals surface area contributed by atoms with Gasteiger partial charge in [0.2, 0.25) is 0 Å². The third kappa shape index (κ3) is 4.29. The van der Waals surface area contributed by atoms with E-state index >= 15 is 0 Å². The Labute approximate surface area is 126 Å². The molecular formula is C12H24N4O4S. The van der Waals surface area contributed by atoms with E-state index in [4.69, 9.17) is 9.88 Å². The summed E-state index contributed by atoms with van der Waals surface area (Å²) in [5.74, 6) is 0. The molecule has 8 nitrogen and oxygen atoms in total. The Kier molecular flexibility index (Phi) is 4.48. The van der Waals surface area contributed by atoms with Crippen molar-refractivity contribution < 1.29 is 17.9 Å². The van der Waals surface area contributed by atoms with Gasteiger partial charge in [0, 0.05) is 45.3 Å². The Bertz CT molecular complexity index is 488. The third-order valence-corrected chi connectivity index (χ3v) is 4.75. The first-order valence-corrected chi connectivity index (χ1v) is 8.56. The maximum Gasteiger partial charge on any atom is 0.410 e. The summed E-state index contributed by atoms with van der Waals surface area (Å²) in [6.07, 6.45) is -0.290. The predicted molar refractivity (Wildman–Crippen MR) is 77.8 cm³/mol. The quantitative estimate of drug-likeness (QED) is 0.735. The number of hydrogen-bond donors (Lipinski definition) is 1. The molecule has 2 aliphatic rings. The van der Waals surface area contributed by atoms with Crippen LogP contribution in [0.15, 0.2) is 0 Å². The molecule has 2 rings (SSSR count). The number of ether oxygens (including phenoxy) is 1. The van der Waals surface area contributed by atoms with E-state index in [0.717, 1.165) is 0 Å². The highest BCUT2D eigenvalue weighted by Crippen LogP contribution is 2.20. The van der Waals surface area contributed by atoms with Crippen LogP contribution in [0.1, 0.15) is 20.8 Å². The fourth-order valence-corrected chi connectivity index (χ4v) is 3.16. The molecule has 9 heteroatoms. The number of amides is 1. The smallest absolute Gasteiger partial charge is 0.410 e. The summed E-state index contributed by atoms with van der Waals surface area (Å²) in [5.41, 5.74) is -0.483. The first kappa shape index (κ1) is 16.5. The summed E-state index contributed by atoms with van der Waals surface area (Å²) in [4.78, 5) is 15.7. The highest BCUT2D eigenvalue weighted by atomic mass is 32.2. The number of nitrogens with zero attached hydrogens (tertiary/aromatic N) is 3. The average Bonchev–Trinajstić information content (AvgIpc) is 2.23. The van der Waals surface area contributed by atoms with Crippen LogP contribution < -0.4 is 5.14 Å². The molecule has 2 saturated heterocycles. The normalized spacial score (nSPS) is 23.0. The van der Waals surface area contributed by atoms with Gasteiger partial charge < -0.3 is 9.64 Å². The zero-order chi connectivity index (χ0) is 15.8. The Morgan fingerprint density at radius 2 is 1.67 bits per heavy atom. The van der Waals surface area contributed by atoms with Crippen LogP contribution in [0.5, 0.6) is 0 Å². The average molecular weight is 320 g/mol. The molecule has 0 aromatic heterocycles. The summed E-state index contributed by atoms with van der Waals surface area (Å²) in [6.45, 7) is 8.88. The molecule has 0 aromatic carbocycles. The molecule has 0 atom stereocenters. The molecule has 0 aromatic rings. The van der Waals surface area contributed by atoms with Crippen LogP contribution in [0, 0.1) is 0 Å². The highest BCUT2D eigenvalue weighted by molar-refractivity contribution is 7.86. The minimum absolute atomic E-state index is 0.278. The second kappa shape index (κ2) is 5.71. The minimum atomic E-state index is -3.59. The molecule has 0 spiro atoms. The van der Waals surface area contributed by atoms with Crippen LogP contribution in [-0.4, -0.2) is 79.5 Å². The van der Waals surface area contributed by atoms with Crippen molar-refractivity contribution in [2.24, 2.45) is 5.14 Å². The van der Waals surface area contributed by atoms with Gasteiger partial charge in [-0.15, -0.1) is 0 Å². The number of hydrogen-bond acceptors (Lipinski definition) is 5. The topological polar surface area (TPSA) is 96.2 Å². The summed E-state index contributed by atoms with van der Waals surface area (Å²) < 4.78 is 29.1. The SMILES string of the molecule is CC(C)(C)OC(=O)N1CC(N2CCN(S(N)(=O)=O)CC2)C1. The Morgan fingerprint density at radius 3 is 2.10 bits per heavy atom. The molecule has 2 heterocycles. The van der Waals surface area contributed by atoms with E-state index in [1.165, 1.54) is 4.31 Å². The van der Waals surface area contributed by atoms with Gasteiger partial charge in [-0.2, -0.15) is 12.7 Å². The summed E-state index contributed by atoms with van der Waals surface area (Å²) >= 11 is 0. The fraction of sp³-hybridized carbons (Fsp3) is 0.917. The van der Waals surface area contributed by atoms with Crippen molar-refractivity contribution in [3.63, 3.8) is 0 Å². The van der Waals surface area contributed by atoms with Gasteiger partial charge in [-0.05, 0) is 20.8 Å². The summed E-state index contributed by atoms with van der Waals surface area (Å²) in [6, 6.07) is 0.278. The second-order valence-electron chi connectivity index (χ2n) is 6.52. The fourth-order valence-electron chi connectivity index (χ4n) is 2.49. The third-order valence-electron chi connectivity index (χ3n) is 3.66. The van der Waals surface area contributed by atoms with Gasteiger partial charge in [0.25, 0.3) is 10.2 Å². The van der Waals surface area contributed by atoms with Crippen LogP contribution >= 0.6 is 0 Å². The standard InChI is InChI=1S/C12H24N4O4S/c1-12(2,3)20-11(17)15-8-10(9-15)14-4-6-16(7-5-14)21(13,18)19/h10H,4-9H2,1-3H3,(H2,13,18,19). The van der Waals surface area contributed by atoms with E-state index in [9.17, 15) is 13.2 Å². The Balaban J connectivity index is 1.75. The molecule has 0 saturated carbocycles. The van der Waals surface area contributed by atoms with Crippen LogP contribution in [0.2, 0.25) is 0 Å². The van der Waals surface area contributed by atoms with Gasteiger partial charge >= 0.3 is 6.09 Å². The molecule has 1 amide bonds. The van der Waals surface area contributed by atoms with Crippen LogP contribution in [-0.2, 0) is 14.9 Å². The van der Waals surface area contributed by atoms with Crippen molar-refractivity contribution >= 4 is 16.3 Å². The lowest BCUT2D eigenvalue weighted by atomic mass is 10.1. The van der Waals surface area contributed by atoms with Gasteiger partial charge in [-0.25, -0.2) is 9.93 Å². The first-order chi connectivity index (χ1) is 9.56. The number of piperazine rings is 1. The number of likely N-dealkylation sites (tertiary alicyclic amines) is 1. The van der Waals surface area contributed by atoms with Crippen molar-refractivity contribution in [3.05, 3.63) is 0 Å². The molecule has 2 aliphatic heterocycles. The zero-order valence-electron chi connectivity index (χ0n) is 12.8. The maximum atomic E-state index is 11.8. The Morgan fingerprint density at radius 1 is 1.14 bits per heavy atom. The van der Waals surface area contributed by atoms with E-state index in [2.05, 4.69) is 4.90 Å². The van der Waals surface area contributed by atoms with E-state index in [-0.39, 0.29) is 12.1 Å². The number of nitrogens with two attached hydrogens (primary N) is 1. The van der Waals surface area contributed by atoms with Crippen LogP contribution in [0.3, 0.4) is 0 Å². The predicted octanol–water partition coefficient (Wildman–Crippen LogP) is -0.573. The molecule has 0 unspecified atom stereocenters. The van der Waals surface area contributed by atoms with E-state index in [1.807, 2.05) is 20.8 Å². The molecule has 2 N–H and O–H groups in total. The van der Waals surface area contributed by atoms with Gasteiger partial charge in [-0.1, -0.05) is 0 Å². The molecular weight excluding hydrogens is 296 g/mol. The highest BCUT2D eigenvalue weighted by Gasteiger charge is 2.38. The van der Waals surface area contributed by atoms with Crippen LogP contribution in [0.25, 0.3) is 0 Å². The van der Waals surface area contributed by atoms with Gasteiger partial charge in [0.05, 0.1) is 0 Å². The van der Waals surface area contributed by atoms with Crippen molar-refractivity contribution in [2.45, 2.75) is 32.4 Å². The van der Waals surface area contributed by atoms with E-state index < -0.39 is 15.8 Å². The van der Waals surface area contributed by atoms with Gasteiger partial charge in [-0.3, -0.25) is 4.90 Å². The molecule has 0 bridgehead atoms. The largest absolute Gasteiger partial charge is 0.444 e. The second-order valence-corrected chi connectivity index (χ2v) is 8.07. The minimum Gasteiger partial charge on any atom is -0.444 e.